The maximum absolute atomic E-state index is 13.6. The first-order valence-electron chi connectivity index (χ1n) is 10.6. The van der Waals surface area contributed by atoms with Crippen LogP contribution in [0.1, 0.15) is 31.8 Å². The molecule has 0 aromatic heterocycles. The Morgan fingerprint density at radius 2 is 1.75 bits per heavy atom. The third-order valence-electron chi connectivity index (χ3n) is 5.40. The Morgan fingerprint density at radius 3 is 2.50 bits per heavy atom. The van der Waals surface area contributed by atoms with Crippen LogP contribution in [0, 0.1) is 6.92 Å². The van der Waals surface area contributed by atoms with E-state index in [1.165, 1.54) is 5.56 Å². The Bertz CT molecular complexity index is 1140. The molecule has 1 aliphatic rings. The molecule has 3 aromatic carbocycles. The molecule has 5 nitrogen and oxygen atoms in total. The van der Waals surface area contributed by atoms with Gasteiger partial charge >= 0.3 is 0 Å². The van der Waals surface area contributed by atoms with Crippen LogP contribution >= 0.6 is 11.8 Å². The molecule has 1 N–H and O–H groups in total. The van der Waals surface area contributed by atoms with Gasteiger partial charge in [-0.05, 0) is 56.9 Å². The molecular formula is C26H27N3O2S. The number of fused-ring (bicyclic) bond motifs is 2. The number of benzene rings is 3. The Balaban J connectivity index is 1.71. The average Bonchev–Trinajstić information content (AvgIpc) is 2.89. The minimum Gasteiger partial charge on any atom is -0.351 e. The summed E-state index contributed by atoms with van der Waals surface area (Å²) < 4.78 is 0. The number of nitrogens with one attached hydrogen (secondary N) is 1. The standard InChI is InChI=1S/C26H27N3O2S/c1-18-8-10-19(11-9-18)17-29-22-16-20(25(30)27-14-15-28(2)3)12-13-24(22)32-23-7-5-4-6-21(23)26(29)31/h4-13,16H,14-15,17H2,1-3H3,(H,27,30). The van der Waals surface area contributed by atoms with Gasteiger partial charge < -0.3 is 15.1 Å². The number of rotatable bonds is 6. The van der Waals surface area contributed by atoms with Crippen LogP contribution in [0.3, 0.4) is 0 Å². The number of anilines is 1. The molecule has 0 saturated heterocycles. The summed E-state index contributed by atoms with van der Waals surface area (Å²) >= 11 is 1.57. The highest BCUT2D eigenvalue weighted by Crippen LogP contribution is 2.42. The number of carbonyl (C=O) groups is 2. The van der Waals surface area contributed by atoms with Crippen molar-refractivity contribution in [2.24, 2.45) is 0 Å². The normalized spacial score (nSPS) is 12.9. The van der Waals surface area contributed by atoms with Crippen molar-refractivity contribution in [3.63, 3.8) is 0 Å². The van der Waals surface area contributed by atoms with Crippen LogP contribution in [0.15, 0.2) is 76.5 Å². The van der Waals surface area contributed by atoms with Crippen molar-refractivity contribution in [3.8, 4) is 0 Å². The van der Waals surface area contributed by atoms with Crippen LogP contribution in [0.2, 0.25) is 0 Å². The Hall–Kier alpha value is -3.09. The summed E-state index contributed by atoms with van der Waals surface area (Å²) in [5, 5.41) is 2.96. The molecule has 0 aliphatic carbocycles. The highest BCUT2D eigenvalue weighted by atomic mass is 32.2. The number of likely N-dealkylation sites (N-methyl/N-ethyl adjacent to an activating group) is 1. The lowest BCUT2D eigenvalue weighted by atomic mass is 10.1. The SMILES string of the molecule is Cc1ccc(CN2C(=O)c3ccccc3Sc3ccc(C(=O)NCCN(C)C)cc32)cc1. The maximum Gasteiger partial charge on any atom is 0.259 e. The van der Waals surface area contributed by atoms with Gasteiger partial charge in [-0.2, -0.15) is 0 Å². The first kappa shape index (κ1) is 22.1. The topological polar surface area (TPSA) is 52.7 Å². The van der Waals surface area contributed by atoms with E-state index in [-0.39, 0.29) is 11.8 Å². The number of carbonyl (C=O) groups excluding carboxylic acids is 2. The van der Waals surface area contributed by atoms with Gasteiger partial charge in [0.15, 0.2) is 0 Å². The second kappa shape index (κ2) is 9.59. The third-order valence-corrected chi connectivity index (χ3v) is 6.54. The van der Waals surface area contributed by atoms with Gasteiger partial charge in [-0.15, -0.1) is 0 Å². The highest BCUT2D eigenvalue weighted by molar-refractivity contribution is 7.99. The maximum atomic E-state index is 13.6. The first-order valence-corrected chi connectivity index (χ1v) is 11.5. The number of nitrogens with zero attached hydrogens (tertiary/aromatic N) is 2. The molecule has 0 saturated carbocycles. The van der Waals surface area contributed by atoms with Crippen molar-refractivity contribution >= 4 is 29.3 Å². The quantitative estimate of drug-likeness (QED) is 0.603. The van der Waals surface area contributed by atoms with Crippen molar-refractivity contribution in [2.75, 3.05) is 32.1 Å². The lowest BCUT2D eigenvalue weighted by Crippen LogP contribution is -2.32. The fourth-order valence-electron chi connectivity index (χ4n) is 3.59. The predicted molar refractivity (Wildman–Crippen MR) is 130 cm³/mol. The van der Waals surface area contributed by atoms with Crippen LogP contribution in [0.25, 0.3) is 0 Å². The molecule has 1 heterocycles. The molecular weight excluding hydrogens is 418 g/mol. The number of hydrogen-bond acceptors (Lipinski definition) is 4. The van der Waals surface area contributed by atoms with E-state index in [1.54, 1.807) is 16.7 Å². The zero-order chi connectivity index (χ0) is 22.7. The summed E-state index contributed by atoms with van der Waals surface area (Å²) in [6.07, 6.45) is 0. The van der Waals surface area contributed by atoms with E-state index in [9.17, 15) is 9.59 Å². The monoisotopic (exact) mass is 445 g/mol. The zero-order valence-electron chi connectivity index (χ0n) is 18.6. The van der Waals surface area contributed by atoms with Crippen molar-refractivity contribution in [1.29, 1.82) is 0 Å². The van der Waals surface area contributed by atoms with Crippen molar-refractivity contribution in [2.45, 2.75) is 23.3 Å². The molecule has 3 aromatic rings. The third kappa shape index (κ3) is 4.87. The first-order chi connectivity index (χ1) is 15.4. The van der Waals surface area contributed by atoms with Gasteiger partial charge in [0.1, 0.15) is 0 Å². The lowest BCUT2D eigenvalue weighted by molar-refractivity contribution is 0.0947. The second-order valence-corrected chi connectivity index (χ2v) is 9.30. The molecule has 0 radical (unpaired) electrons. The molecule has 0 fully saturated rings. The van der Waals surface area contributed by atoms with E-state index in [0.717, 1.165) is 27.6 Å². The van der Waals surface area contributed by atoms with Crippen LogP contribution in [0.5, 0.6) is 0 Å². The van der Waals surface area contributed by atoms with Crippen LogP contribution in [-0.2, 0) is 6.54 Å². The molecule has 0 unspecified atom stereocenters. The minimum atomic E-state index is -0.135. The van der Waals surface area contributed by atoms with E-state index in [0.29, 0.717) is 24.2 Å². The molecule has 4 rings (SSSR count). The number of amides is 2. The van der Waals surface area contributed by atoms with Gasteiger partial charge in [0.2, 0.25) is 0 Å². The van der Waals surface area contributed by atoms with Crippen LogP contribution in [0.4, 0.5) is 5.69 Å². The largest absolute Gasteiger partial charge is 0.351 e. The minimum absolute atomic E-state index is 0.0578. The van der Waals surface area contributed by atoms with Gasteiger partial charge in [0.05, 0.1) is 17.8 Å². The van der Waals surface area contributed by atoms with Gasteiger partial charge in [-0.3, -0.25) is 9.59 Å². The van der Waals surface area contributed by atoms with E-state index in [4.69, 9.17) is 0 Å². The molecule has 6 heteroatoms. The molecule has 0 atom stereocenters. The van der Waals surface area contributed by atoms with Crippen LogP contribution in [-0.4, -0.2) is 43.9 Å². The van der Waals surface area contributed by atoms with Crippen molar-refractivity contribution in [1.82, 2.24) is 10.2 Å². The van der Waals surface area contributed by atoms with E-state index >= 15 is 0 Å². The summed E-state index contributed by atoms with van der Waals surface area (Å²) in [5.41, 5.74) is 4.21. The Labute approximate surface area is 193 Å². The smallest absolute Gasteiger partial charge is 0.259 e. The molecule has 1 aliphatic heterocycles. The molecule has 164 valence electrons. The Kier molecular flexibility index (Phi) is 6.63. The second-order valence-electron chi connectivity index (χ2n) is 8.22. The molecule has 32 heavy (non-hydrogen) atoms. The molecule has 0 spiro atoms. The number of aryl methyl sites for hydroxylation is 1. The zero-order valence-corrected chi connectivity index (χ0v) is 19.4. The lowest BCUT2D eigenvalue weighted by Gasteiger charge is -2.24. The summed E-state index contributed by atoms with van der Waals surface area (Å²) in [6.45, 7) is 3.81. The van der Waals surface area contributed by atoms with Crippen molar-refractivity contribution in [3.05, 3.63) is 89.0 Å². The van der Waals surface area contributed by atoms with Gasteiger partial charge in [0, 0.05) is 28.4 Å². The Morgan fingerprint density at radius 1 is 1.00 bits per heavy atom. The predicted octanol–water partition coefficient (Wildman–Crippen LogP) is 4.60. The van der Waals surface area contributed by atoms with E-state index in [2.05, 4.69) is 17.4 Å². The molecule has 0 bridgehead atoms. The van der Waals surface area contributed by atoms with Gasteiger partial charge in [-0.1, -0.05) is 53.7 Å². The summed E-state index contributed by atoms with van der Waals surface area (Å²) in [7, 11) is 3.94. The number of hydrogen-bond donors (Lipinski definition) is 1. The van der Waals surface area contributed by atoms with Crippen LogP contribution < -0.4 is 10.2 Å². The fraction of sp³-hybridized carbons (Fsp3) is 0.231. The summed E-state index contributed by atoms with van der Waals surface area (Å²) in [6, 6.07) is 21.5. The fourth-order valence-corrected chi connectivity index (χ4v) is 4.65. The van der Waals surface area contributed by atoms with E-state index in [1.807, 2.05) is 80.5 Å². The summed E-state index contributed by atoms with van der Waals surface area (Å²) in [5.74, 6) is -0.193. The highest BCUT2D eigenvalue weighted by Gasteiger charge is 2.28. The summed E-state index contributed by atoms with van der Waals surface area (Å²) in [4.78, 5) is 32.1. The van der Waals surface area contributed by atoms with Gasteiger partial charge in [0.25, 0.3) is 11.8 Å². The van der Waals surface area contributed by atoms with Gasteiger partial charge in [-0.25, -0.2) is 0 Å². The molecule has 2 amide bonds. The van der Waals surface area contributed by atoms with Crippen molar-refractivity contribution < 1.29 is 9.59 Å². The van der Waals surface area contributed by atoms with E-state index < -0.39 is 0 Å². The average molecular weight is 446 g/mol.